The highest BCUT2D eigenvalue weighted by Gasteiger charge is 2.19. The van der Waals surface area contributed by atoms with E-state index in [4.69, 9.17) is 0 Å². The predicted molar refractivity (Wildman–Crippen MR) is 97.9 cm³/mol. The largest absolute Gasteiger partial charge is 0.322 e. The lowest BCUT2D eigenvalue weighted by atomic mass is 10.1. The fourth-order valence-corrected chi connectivity index (χ4v) is 3.09. The number of nitrogens with one attached hydrogen (secondary N) is 1. The molecule has 0 unspecified atom stereocenters. The maximum Gasteiger partial charge on any atom is 0.238 e. The number of rotatable bonds is 5. The zero-order chi connectivity index (χ0) is 17.6. The van der Waals surface area contributed by atoms with Crippen molar-refractivity contribution in [3.63, 3.8) is 0 Å². The van der Waals surface area contributed by atoms with E-state index in [0.29, 0.717) is 6.54 Å². The molecule has 5 heteroatoms. The van der Waals surface area contributed by atoms with Gasteiger partial charge in [-0.2, -0.15) is 0 Å². The molecule has 1 saturated heterocycles. The molecule has 1 aliphatic rings. The summed E-state index contributed by atoms with van der Waals surface area (Å²) >= 11 is 0. The maximum absolute atomic E-state index is 13.6. The van der Waals surface area contributed by atoms with Crippen molar-refractivity contribution in [3.8, 4) is 0 Å². The van der Waals surface area contributed by atoms with E-state index in [9.17, 15) is 9.18 Å². The van der Waals surface area contributed by atoms with Crippen LogP contribution in [0.2, 0.25) is 0 Å². The fraction of sp³-hybridized carbons (Fsp3) is 0.350. The zero-order valence-electron chi connectivity index (χ0n) is 14.5. The Kier molecular flexibility index (Phi) is 5.79. The first-order valence-corrected chi connectivity index (χ1v) is 8.65. The van der Waals surface area contributed by atoms with Gasteiger partial charge in [0.1, 0.15) is 5.82 Å². The van der Waals surface area contributed by atoms with E-state index >= 15 is 0 Å². The molecular weight excluding hydrogens is 317 g/mol. The average Bonchev–Trinajstić information content (AvgIpc) is 2.61. The molecule has 2 aromatic rings. The second-order valence-electron chi connectivity index (χ2n) is 6.51. The molecule has 0 spiro atoms. The van der Waals surface area contributed by atoms with Crippen molar-refractivity contribution in [1.29, 1.82) is 0 Å². The summed E-state index contributed by atoms with van der Waals surface area (Å²) in [7, 11) is 0. The van der Waals surface area contributed by atoms with E-state index in [1.165, 1.54) is 17.2 Å². The molecule has 0 radical (unpaired) electrons. The van der Waals surface area contributed by atoms with Gasteiger partial charge in [0.25, 0.3) is 0 Å². The molecule has 2 aromatic carbocycles. The van der Waals surface area contributed by atoms with Gasteiger partial charge in [-0.3, -0.25) is 14.6 Å². The van der Waals surface area contributed by atoms with Gasteiger partial charge in [0, 0.05) is 32.7 Å². The van der Waals surface area contributed by atoms with Crippen LogP contribution < -0.4 is 5.32 Å². The minimum atomic E-state index is -0.404. The van der Waals surface area contributed by atoms with Crippen molar-refractivity contribution < 1.29 is 9.18 Å². The number of nitrogens with zero attached hydrogens (tertiary/aromatic N) is 2. The van der Waals surface area contributed by atoms with E-state index in [2.05, 4.69) is 46.3 Å². The lowest BCUT2D eigenvalue weighted by molar-refractivity contribution is -0.117. The van der Waals surface area contributed by atoms with Gasteiger partial charge in [0.05, 0.1) is 12.2 Å². The van der Waals surface area contributed by atoms with E-state index in [-0.39, 0.29) is 11.6 Å². The predicted octanol–water partition coefficient (Wildman–Crippen LogP) is 2.89. The normalized spacial score (nSPS) is 15.9. The van der Waals surface area contributed by atoms with Gasteiger partial charge >= 0.3 is 0 Å². The average molecular weight is 341 g/mol. The van der Waals surface area contributed by atoms with Crippen LogP contribution >= 0.6 is 0 Å². The van der Waals surface area contributed by atoms with Crippen LogP contribution in [0.1, 0.15) is 11.1 Å². The summed E-state index contributed by atoms with van der Waals surface area (Å²) in [6, 6.07) is 14.7. The molecule has 1 fully saturated rings. The monoisotopic (exact) mass is 341 g/mol. The Morgan fingerprint density at radius 3 is 2.36 bits per heavy atom. The number of benzene rings is 2. The van der Waals surface area contributed by atoms with Crippen LogP contribution in [0.25, 0.3) is 0 Å². The van der Waals surface area contributed by atoms with E-state index < -0.39 is 5.82 Å². The molecule has 1 N–H and O–H groups in total. The van der Waals surface area contributed by atoms with Crippen molar-refractivity contribution in [1.82, 2.24) is 9.80 Å². The summed E-state index contributed by atoms with van der Waals surface area (Å²) in [6.07, 6.45) is 0. The molecule has 0 atom stereocenters. The van der Waals surface area contributed by atoms with Gasteiger partial charge in [-0.15, -0.1) is 0 Å². The SMILES string of the molecule is Cc1ccccc1CN1CCN(CC(=O)Nc2ccccc2F)CC1. The van der Waals surface area contributed by atoms with Crippen LogP contribution in [0.15, 0.2) is 48.5 Å². The van der Waals surface area contributed by atoms with Crippen molar-refractivity contribution >= 4 is 11.6 Å². The number of anilines is 1. The molecular formula is C20H24FN3O. The second kappa shape index (κ2) is 8.23. The molecule has 25 heavy (non-hydrogen) atoms. The Bertz CT molecular complexity index is 726. The quantitative estimate of drug-likeness (QED) is 0.908. The highest BCUT2D eigenvalue weighted by atomic mass is 19.1. The zero-order valence-corrected chi connectivity index (χ0v) is 14.5. The molecule has 1 aliphatic heterocycles. The number of halogens is 1. The fourth-order valence-electron chi connectivity index (χ4n) is 3.09. The van der Waals surface area contributed by atoms with Gasteiger partial charge in [-0.1, -0.05) is 36.4 Å². The van der Waals surface area contributed by atoms with Gasteiger partial charge in [0.2, 0.25) is 5.91 Å². The van der Waals surface area contributed by atoms with Crippen LogP contribution in [0.4, 0.5) is 10.1 Å². The number of hydrogen-bond acceptors (Lipinski definition) is 3. The first kappa shape index (κ1) is 17.6. The Labute approximate surface area is 148 Å². The highest BCUT2D eigenvalue weighted by Crippen LogP contribution is 2.14. The smallest absolute Gasteiger partial charge is 0.238 e. The summed E-state index contributed by atoms with van der Waals surface area (Å²) in [5, 5.41) is 2.65. The minimum Gasteiger partial charge on any atom is -0.322 e. The number of piperazine rings is 1. The van der Waals surface area contributed by atoms with E-state index in [1.807, 2.05) is 0 Å². The van der Waals surface area contributed by atoms with Crippen molar-refractivity contribution in [2.45, 2.75) is 13.5 Å². The first-order valence-electron chi connectivity index (χ1n) is 8.65. The molecule has 0 saturated carbocycles. The number of amides is 1. The van der Waals surface area contributed by atoms with Crippen LogP contribution in [0.3, 0.4) is 0 Å². The summed E-state index contributed by atoms with van der Waals surface area (Å²) in [5.41, 5.74) is 2.91. The summed E-state index contributed by atoms with van der Waals surface area (Å²) in [5.74, 6) is -0.573. The van der Waals surface area contributed by atoms with Crippen molar-refractivity contribution in [3.05, 3.63) is 65.5 Å². The summed E-state index contributed by atoms with van der Waals surface area (Å²) in [4.78, 5) is 16.6. The molecule has 0 aromatic heterocycles. The Morgan fingerprint density at radius 1 is 1.00 bits per heavy atom. The standard InChI is InChI=1S/C20H24FN3O/c1-16-6-2-3-7-17(16)14-23-10-12-24(13-11-23)15-20(25)22-19-9-5-4-8-18(19)21/h2-9H,10-15H2,1H3,(H,22,25). The van der Waals surface area contributed by atoms with Gasteiger partial charge in [0.15, 0.2) is 0 Å². The molecule has 0 aliphatic carbocycles. The first-order chi connectivity index (χ1) is 12.1. The second-order valence-corrected chi connectivity index (χ2v) is 6.51. The van der Waals surface area contributed by atoms with Crippen molar-refractivity contribution in [2.75, 3.05) is 38.0 Å². The minimum absolute atomic E-state index is 0.169. The van der Waals surface area contributed by atoms with Crippen LogP contribution in [0, 0.1) is 12.7 Å². The Hall–Kier alpha value is -2.24. The van der Waals surface area contributed by atoms with E-state index in [1.54, 1.807) is 18.2 Å². The van der Waals surface area contributed by atoms with Gasteiger partial charge < -0.3 is 5.32 Å². The molecule has 0 bridgehead atoms. The summed E-state index contributed by atoms with van der Waals surface area (Å²) in [6.45, 7) is 6.93. The highest BCUT2D eigenvalue weighted by molar-refractivity contribution is 5.92. The number of hydrogen-bond donors (Lipinski definition) is 1. The van der Waals surface area contributed by atoms with Crippen LogP contribution in [0.5, 0.6) is 0 Å². The topological polar surface area (TPSA) is 35.6 Å². The lowest BCUT2D eigenvalue weighted by Crippen LogP contribution is -2.48. The molecule has 3 rings (SSSR count). The van der Waals surface area contributed by atoms with Gasteiger partial charge in [-0.25, -0.2) is 4.39 Å². The number of aryl methyl sites for hydroxylation is 1. The van der Waals surface area contributed by atoms with Crippen LogP contribution in [-0.2, 0) is 11.3 Å². The number of carbonyl (C=O) groups is 1. The third-order valence-electron chi connectivity index (χ3n) is 4.64. The number of para-hydroxylation sites is 1. The van der Waals surface area contributed by atoms with Crippen LogP contribution in [-0.4, -0.2) is 48.4 Å². The molecule has 4 nitrogen and oxygen atoms in total. The Morgan fingerprint density at radius 2 is 1.64 bits per heavy atom. The Balaban J connectivity index is 1.45. The van der Waals surface area contributed by atoms with Crippen molar-refractivity contribution in [2.24, 2.45) is 0 Å². The number of carbonyl (C=O) groups excluding carboxylic acids is 1. The third-order valence-corrected chi connectivity index (χ3v) is 4.64. The third kappa shape index (κ3) is 4.87. The maximum atomic E-state index is 13.6. The van der Waals surface area contributed by atoms with E-state index in [0.717, 1.165) is 32.7 Å². The molecule has 132 valence electrons. The molecule has 1 amide bonds. The summed E-state index contributed by atoms with van der Waals surface area (Å²) < 4.78 is 13.6. The molecule has 1 heterocycles. The van der Waals surface area contributed by atoms with Gasteiger partial charge in [-0.05, 0) is 30.2 Å². The lowest BCUT2D eigenvalue weighted by Gasteiger charge is -2.34.